The Kier molecular flexibility index (Phi) is 3.77. The molecule has 2 heterocycles. The molecule has 0 aromatic carbocycles. The van der Waals surface area contributed by atoms with Crippen LogP contribution in [0.4, 0.5) is 5.69 Å². The van der Waals surface area contributed by atoms with E-state index in [1.807, 2.05) is 0 Å². The fourth-order valence-corrected chi connectivity index (χ4v) is 3.35. The van der Waals surface area contributed by atoms with Gasteiger partial charge in [0.15, 0.2) is 0 Å². The number of anilines is 1. The van der Waals surface area contributed by atoms with E-state index in [0.29, 0.717) is 21.9 Å². The molecule has 2 aromatic rings. The Labute approximate surface area is 126 Å². The summed E-state index contributed by atoms with van der Waals surface area (Å²) < 4.78 is 5.12. The average molecular weight is 306 g/mol. The Morgan fingerprint density at radius 2 is 2.38 bits per heavy atom. The molecule has 0 spiro atoms. The number of methoxy groups -OCH3 is 1. The summed E-state index contributed by atoms with van der Waals surface area (Å²) in [6.07, 6.45) is 4.85. The number of carbonyl (C=O) groups excluding carboxylic acids is 1. The van der Waals surface area contributed by atoms with Gasteiger partial charge in [0.25, 0.3) is 5.91 Å². The molecule has 0 unspecified atom stereocenters. The minimum Gasteiger partial charge on any atom is -0.397 e. The topological polar surface area (TPSA) is 90.1 Å². The summed E-state index contributed by atoms with van der Waals surface area (Å²) >= 11 is 1.29. The molecule has 0 atom stereocenters. The number of nitrogens with one attached hydrogen (secondary N) is 1. The van der Waals surface area contributed by atoms with Crippen LogP contribution in [-0.4, -0.2) is 36.4 Å². The second-order valence-electron chi connectivity index (χ2n) is 5.52. The van der Waals surface area contributed by atoms with Crippen LogP contribution in [0, 0.1) is 5.41 Å². The first-order valence-electron chi connectivity index (χ1n) is 6.92. The predicted octanol–water partition coefficient (Wildman–Crippen LogP) is 1.82. The van der Waals surface area contributed by atoms with Gasteiger partial charge >= 0.3 is 0 Å². The van der Waals surface area contributed by atoms with E-state index in [4.69, 9.17) is 10.5 Å². The maximum absolute atomic E-state index is 12.3. The second-order valence-corrected chi connectivity index (χ2v) is 6.52. The summed E-state index contributed by atoms with van der Waals surface area (Å²) in [6, 6.07) is 1.78. The summed E-state index contributed by atoms with van der Waals surface area (Å²) in [5.74, 6) is -0.126. The maximum atomic E-state index is 12.3. The molecular formula is C14H18N4O2S. The van der Waals surface area contributed by atoms with E-state index in [9.17, 15) is 4.79 Å². The maximum Gasteiger partial charge on any atom is 0.263 e. The van der Waals surface area contributed by atoms with Gasteiger partial charge < -0.3 is 15.8 Å². The van der Waals surface area contributed by atoms with Gasteiger partial charge in [-0.05, 0) is 30.7 Å². The molecule has 1 aliphatic carbocycles. The average Bonchev–Trinajstić information content (AvgIpc) is 3.21. The van der Waals surface area contributed by atoms with Crippen LogP contribution < -0.4 is 11.1 Å². The van der Waals surface area contributed by atoms with Crippen molar-refractivity contribution in [1.29, 1.82) is 0 Å². The van der Waals surface area contributed by atoms with Gasteiger partial charge in [-0.15, -0.1) is 16.4 Å². The van der Waals surface area contributed by atoms with E-state index in [0.717, 1.165) is 31.3 Å². The Hall–Kier alpha value is -1.73. The van der Waals surface area contributed by atoms with Crippen LogP contribution in [0.25, 0.3) is 10.2 Å². The van der Waals surface area contributed by atoms with Crippen LogP contribution in [-0.2, 0) is 4.74 Å². The third-order valence-electron chi connectivity index (χ3n) is 4.04. The number of thiophene rings is 1. The van der Waals surface area contributed by atoms with E-state index in [1.54, 1.807) is 19.4 Å². The lowest BCUT2D eigenvalue weighted by atomic mass is 10.0. The molecule has 1 aliphatic rings. The fraction of sp³-hybridized carbons (Fsp3) is 0.500. The Bertz CT molecular complexity index is 666. The van der Waals surface area contributed by atoms with Crippen LogP contribution in [0.15, 0.2) is 12.3 Å². The van der Waals surface area contributed by atoms with Crippen molar-refractivity contribution in [2.24, 2.45) is 5.41 Å². The van der Waals surface area contributed by atoms with Gasteiger partial charge in [0.05, 0.1) is 11.9 Å². The number of rotatable bonds is 6. The molecule has 7 heteroatoms. The molecule has 0 radical (unpaired) electrons. The summed E-state index contributed by atoms with van der Waals surface area (Å²) in [7, 11) is 1.70. The number of nitrogens with two attached hydrogens (primary N) is 1. The molecule has 1 saturated carbocycles. The molecule has 0 bridgehead atoms. The van der Waals surface area contributed by atoms with Gasteiger partial charge in [0.1, 0.15) is 9.71 Å². The standard InChI is InChI=1S/C14H18N4O2S/c1-20-7-5-14(3-4-14)8-16-12(19)11-10(15)9-2-6-17-18-13(9)21-11/h2,6H,3-5,7-8,15H2,1H3,(H,16,19). The van der Waals surface area contributed by atoms with E-state index < -0.39 is 0 Å². The molecule has 1 amide bonds. The van der Waals surface area contributed by atoms with Crippen LogP contribution >= 0.6 is 11.3 Å². The van der Waals surface area contributed by atoms with Crippen molar-refractivity contribution in [3.63, 3.8) is 0 Å². The quantitative estimate of drug-likeness (QED) is 0.849. The number of fused-ring (bicyclic) bond motifs is 1. The molecule has 21 heavy (non-hydrogen) atoms. The van der Waals surface area contributed by atoms with E-state index >= 15 is 0 Å². The van der Waals surface area contributed by atoms with Crippen molar-refractivity contribution in [2.45, 2.75) is 19.3 Å². The number of aromatic nitrogens is 2. The Morgan fingerprint density at radius 3 is 3.05 bits per heavy atom. The van der Waals surface area contributed by atoms with Gasteiger partial charge in [-0.3, -0.25) is 4.79 Å². The first kappa shape index (κ1) is 14.2. The molecule has 6 nitrogen and oxygen atoms in total. The molecule has 0 aliphatic heterocycles. The first-order valence-corrected chi connectivity index (χ1v) is 7.74. The molecule has 2 aromatic heterocycles. The Morgan fingerprint density at radius 1 is 1.57 bits per heavy atom. The lowest BCUT2D eigenvalue weighted by molar-refractivity contribution is 0.0943. The number of carbonyl (C=O) groups is 1. The molecule has 0 saturated heterocycles. The number of nitrogens with zero attached hydrogens (tertiary/aromatic N) is 2. The van der Waals surface area contributed by atoms with Gasteiger partial charge in [0.2, 0.25) is 0 Å². The zero-order valence-electron chi connectivity index (χ0n) is 11.9. The molecule has 112 valence electrons. The van der Waals surface area contributed by atoms with Gasteiger partial charge in [-0.1, -0.05) is 0 Å². The smallest absolute Gasteiger partial charge is 0.263 e. The van der Waals surface area contributed by atoms with Crippen molar-refractivity contribution in [3.05, 3.63) is 17.1 Å². The number of ether oxygens (including phenoxy) is 1. The minimum absolute atomic E-state index is 0.126. The van der Waals surface area contributed by atoms with Crippen LogP contribution in [0.2, 0.25) is 0 Å². The summed E-state index contributed by atoms with van der Waals surface area (Å²) in [5.41, 5.74) is 6.75. The zero-order chi connectivity index (χ0) is 14.9. The van der Waals surface area contributed by atoms with E-state index in [1.165, 1.54) is 11.3 Å². The highest BCUT2D eigenvalue weighted by Gasteiger charge is 2.42. The van der Waals surface area contributed by atoms with E-state index in [-0.39, 0.29) is 11.3 Å². The second kappa shape index (κ2) is 5.57. The van der Waals surface area contributed by atoms with Gasteiger partial charge in [0, 0.05) is 25.6 Å². The van der Waals surface area contributed by atoms with Crippen molar-refractivity contribution < 1.29 is 9.53 Å². The molecule has 3 rings (SSSR count). The highest BCUT2D eigenvalue weighted by Crippen LogP contribution is 2.48. The highest BCUT2D eigenvalue weighted by atomic mass is 32.1. The SMILES string of the molecule is COCCC1(CNC(=O)c2sc3nnccc3c2N)CC1. The minimum atomic E-state index is -0.126. The number of hydrogen-bond donors (Lipinski definition) is 2. The van der Waals surface area contributed by atoms with Gasteiger partial charge in [-0.2, -0.15) is 5.10 Å². The monoisotopic (exact) mass is 306 g/mol. The molecule has 1 fully saturated rings. The normalized spacial score (nSPS) is 16.0. The van der Waals surface area contributed by atoms with Crippen molar-refractivity contribution in [1.82, 2.24) is 15.5 Å². The largest absolute Gasteiger partial charge is 0.397 e. The van der Waals surface area contributed by atoms with Crippen LogP contribution in [0.1, 0.15) is 28.9 Å². The summed E-state index contributed by atoms with van der Waals surface area (Å²) in [6.45, 7) is 1.41. The third kappa shape index (κ3) is 2.84. The Balaban J connectivity index is 1.69. The van der Waals surface area contributed by atoms with Crippen molar-refractivity contribution in [3.8, 4) is 0 Å². The van der Waals surface area contributed by atoms with Crippen LogP contribution in [0.3, 0.4) is 0 Å². The summed E-state index contributed by atoms with van der Waals surface area (Å²) in [5, 5.41) is 11.6. The van der Waals surface area contributed by atoms with Gasteiger partial charge in [-0.25, -0.2) is 0 Å². The third-order valence-corrected chi connectivity index (χ3v) is 5.15. The lowest BCUT2D eigenvalue weighted by Gasteiger charge is -2.15. The number of nitrogen functional groups attached to an aromatic ring is 1. The fourth-order valence-electron chi connectivity index (χ4n) is 2.40. The van der Waals surface area contributed by atoms with E-state index in [2.05, 4.69) is 15.5 Å². The highest BCUT2D eigenvalue weighted by molar-refractivity contribution is 7.21. The number of hydrogen-bond acceptors (Lipinski definition) is 6. The van der Waals surface area contributed by atoms with Crippen molar-refractivity contribution >= 4 is 33.1 Å². The first-order chi connectivity index (χ1) is 10.2. The molecular weight excluding hydrogens is 288 g/mol. The lowest BCUT2D eigenvalue weighted by Crippen LogP contribution is -2.30. The van der Waals surface area contributed by atoms with Crippen molar-refractivity contribution in [2.75, 3.05) is 26.0 Å². The molecule has 3 N–H and O–H groups in total. The van der Waals surface area contributed by atoms with Crippen LogP contribution in [0.5, 0.6) is 0 Å². The zero-order valence-corrected chi connectivity index (χ0v) is 12.7. The predicted molar refractivity (Wildman–Crippen MR) is 82.3 cm³/mol. The number of amides is 1. The summed E-state index contributed by atoms with van der Waals surface area (Å²) in [4.78, 5) is 13.5.